The molecule has 3 rings (SSSR count). The molecule has 84 valence electrons. The van der Waals surface area contributed by atoms with Crippen LogP contribution in [0.15, 0.2) is 54.6 Å². The first-order valence-corrected chi connectivity index (χ1v) is 5.88. The van der Waals surface area contributed by atoms with Crippen molar-refractivity contribution >= 4 is 10.8 Å². The predicted molar refractivity (Wildman–Crippen MR) is 73.1 cm³/mol. The molecular formula is C16H15N. The molecule has 0 aliphatic rings. The van der Waals surface area contributed by atoms with Gasteiger partial charge in [0.1, 0.15) is 0 Å². The van der Waals surface area contributed by atoms with Gasteiger partial charge in [-0.3, -0.25) is 0 Å². The van der Waals surface area contributed by atoms with Crippen molar-refractivity contribution in [1.82, 2.24) is 4.57 Å². The van der Waals surface area contributed by atoms with E-state index >= 15 is 0 Å². The molecule has 0 radical (unpaired) electrons. The number of hydrogen-bond donors (Lipinski definition) is 0. The summed E-state index contributed by atoms with van der Waals surface area (Å²) in [5.74, 6) is 0. The van der Waals surface area contributed by atoms with Gasteiger partial charge >= 0.3 is 0 Å². The molecule has 0 N–H and O–H groups in total. The molecule has 0 spiro atoms. The van der Waals surface area contributed by atoms with Gasteiger partial charge in [-0.1, -0.05) is 54.6 Å². The van der Waals surface area contributed by atoms with Gasteiger partial charge in [0.05, 0.1) is 5.69 Å². The van der Waals surface area contributed by atoms with E-state index in [1.165, 1.54) is 27.7 Å². The fraction of sp³-hybridized carbons (Fsp3) is 0.125. The van der Waals surface area contributed by atoms with E-state index in [9.17, 15) is 0 Å². The molecule has 0 unspecified atom stereocenters. The Morgan fingerprint density at radius 2 is 1.35 bits per heavy atom. The summed E-state index contributed by atoms with van der Waals surface area (Å²) in [7, 11) is 2.14. The van der Waals surface area contributed by atoms with E-state index in [-0.39, 0.29) is 0 Å². The second-order valence-electron chi connectivity index (χ2n) is 4.40. The molecule has 1 nitrogen and oxygen atoms in total. The van der Waals surface area contributed by atoms with Gasteiger partial charge in [-0.25, -0.2) is 0 Å². The van der Waals surface area contributed by atoms with E-state index in [1.807, 2.05) is 0 Å². The summed E-state index contributed by atoms with van der Waals surface area (Å²) in [5.41, 5.74) is 3.90. The number of aromatic nitrogens is 1. The number of hydrogen-bond acceptors (Lipinski definition) is 0. The molecule has 0 amide bonds. The molecule has 0 aliphatic carbocycles. The summed E-state index contributed by atoms with van der Waals surface area (Å²) >= 11 is 0. The topological polar surface area (TPSA) is 4.93 Å². The van der Waals surface area contributed by atoms with Crippen molar-refractivity contribution < 1.29 is 0 Å². The van der Waals surface area contributed by atoms with Crippen molar-refractivity contribution in [1.29, 1.82) is 0 Å². The first-order valence-electron chi connectivity index (χ1n) is 5.88. The molecule has 0 bridgehead atoms. The highest BCUT2D eigenvalue weighted by Gasteiger charge is 2.11. The van der Waals surface area contributed by atoms with Gasteiger partial charge in [0.25, 0.3) is 0 Å². The van der Waals surface area contributed by atoms with E-state index in [1.54, 1.807) is 0 Å². The molecule has 1 heterocycles. The normalized spacial score (nSPS) is 10.9. The number of fused-ring (bicyclic) bond motifs is 1. The number of nitrogens with zero attached hydrogens (tertiary/aromatic N) is 1. The molecule has 0 atom stereocenters. The first-order chi connectivity index (χ1) is 8.29. The lowest BCUT2D eigenvalue weighted by atomic mass is 10.1. The lowest BCUT2D eigenvalue weighted by Gasteiger charge is -2.05. The summed E-state index contributed by atoms with van der Waals surface area (Å²) in [5, 5.41) is 2.67. The number of aryl methyl sites for hydroxylation is 1. The maximum Gasteiger partial charge on any atom is 0.0559 e. The predicted octanol–water partition coefficient (Wildman–Crippen LogP) is 4.15. The Hall–Kier alpha value is -2.02. The Morgan fingerprint density at radius 1 is 0.765 bits per heavy atom. The zero-order valence-corrected chi connectivity index (χ0v) is 10.1. The summed E-state index contributed by atoms with van der Waals surface area (Å²) in [6.45, 7) is 2.18. The lowest BCUT2D eigenvalue weighted by Crippen LogP contribution is -1.93. The van der Waals surface area contributed by atoms with Crippen molar-refractivity contribution in [3.63, 3.8) is 0 Å². The summed E-state index contributed by atoms with van der Waals surface area (Å²) in [6, 6.07) is 19.2. The van der Waals surface area contributed by atoms with Crippen LogP contribution in [0.4, 0.5) is 0 Å². The molecule has 0 saturated carbocycles. The third-order valence-corrected chi connectivity index (χ3v) is 3.46. The van der Waals surface area contributed by atoms with Crippen molar-refractivity contribution in [2.45, 2.75) is 6.92 Å². The molecule has 3 aromatic rings. The van der Waals surface area contributed by atoms with Crippen LogP contribution in [0, 0.1) is 6.92 Å². The van der Waals surface area contributed by atoms with Gasteiger partial charge < -0.3 is 4.57 Å². The van der Waals surface area contributed by atoms with Gasteiger partial charge in [0.15, 0.2) is 0 Å². The quantitative estimate of drug-likeness (QED) is 0.581. The minimum Gasteiger partial charge on any atom is -0.347 e. The van der Waals surface area contributed by atoms with Gasteiger partial charge in [-0.15, -0.1) is 0 Å². The fourth-order valence-electron chi connectivity index (χ4n) is 2.48. The zero-order valence-electron chi connectivity index (χ0n) is 10.1. The first kappa shape index (κ1) is 10.2. The highest BCUT2D eigenvalue weighted by molar-refractivity contribution is 5.98. The summed E-state index contributed by atoms with van der Waals surface area (Å²) in [6.07, 6.45) is 0. The number of rotatable bonds is 1. The van der Waals surface area contributed by atoms with Crippen LogP contribution in [0.25, 0.3) is 22.0 Å². The molecule has 0 saturated heterocycles. The average molecular weight is 221 g/mol. The Balaban J connectivity index is 2.41. The SMILES string of the molecule is Cc1c2ccccc2c(-c2ccccc2)n1C. The molecule has 17 heavy (non-hydrogen) atoms. The molecule has 2 aromatic carbocycles. The Morgan fingerprint density at radius 3 is 2.06 bits per heavy atom. The van der Waals surface area contributed by atoms with E-state index in [0.29, 0.717) is 0 Å². The average Bonchev–Trinajstić information content (AvgIpc) is 2.64. The van der Waals surface area contributed by atoms with E-state index in [4.69, 9.17) is 0 Å². The van der Waals surface area contributed by atoms with E-state index in [0.717, 1.165) is 0 Å². The third-order valence-electron chi connectivity index (χ3n) is 3.46. The minimum absolute atomic E-state index is 1.28. The summed E-state index contributed by atoms with van der Waals surface area (Å²) < 4.78 is 2.28. The van der Waals surface area contributed by atoms with Crippen LogP contribution in [0.3, 0.4) is 0 Å². The monoisotopic (exact) mass is 221 g/mol. The van der Waals surface area contributed by atoms with Crippen LogP contribution in [0.5, 0.6) is 0 Å². The van der Waals surface area contributed by atoms with Crippen LogP contribution in [0.2, 0.25) is 0 Å². The Kier molecular flexibility index (Phi) is 2.25. The smallest absolute Gasteiger partial charge is 0.0559 e. The van der Waals surface area contributed by atoms with Crippen molar-refractivity contribution in [2.24, 2.45) is 7.05 Å². The van der Waals surface area contributed by atoms with E-state index < -0.39 is 0 Å². The Labute approximate surface area is 101 Å². The van der Waals surface area contributed by atoms with Crippen LogP contribution >= 0.6 is 0 Å². The van der Waals surface area contributed by atoms with Gasteiger partial charge in [-0.05, 0) is 12.5 Å². The fourth-order valence-corrected chi connectivity index (χ4v) is 2.48. The zero-order chi connectivity index (χ0) is 11.8. The van der Waals surface area contributed by atoms with Crippen molar-refractivity contribution in [3.05, 3.63) is 60.3 Å². The minimum atomic E-state index is 1.28. The second kappa shape index (κ2) is 3.77. The highest BCUT2D eigenvalue weighted by atomic mass is 15.0. The molecule has 0 aliphatic heterocycles. The van der Waals surface area contributed by atoms with Crippen molar-refractivity contribution in [3.8, 4) is 11.3 Å². The van der Waals surface area contributed by atoms with Crippen LogP contribution in [0.1, 0.15) is 5.69 Å². The number of benzene rings is 2. The van der Waals surface area contributed by atoms with Gasteiger partial charge in [0, 0.05) is 23.5 Å². The standard InChI is InChI=1S/C16H15N/c1-12-14-10-6-7-11-15(14)16(17(12)2)13-8-4-3-5-9-13/h3-11H,1-2H3. The van der Waals surface area contributed by atoms with Gasteiger partial charge in [-0.2, -0.15) is 0 Å². The van der Waals surface area contributed by atoms with Crippen molar-refractivity contribution in [2.75, 3.05) is 0 Å². The molecule has 1 heteroatoms. The second-order valence-corrected chi connectivity index (χ2v) is 4.40. The third kappa shape index (κ3) is 1.47. The van der Waals surface area contributed by atoms with Crippen LogP contribution in [-0.4, -0.2) is 4.57 Å². The van der Waals surface area contributed by atoms with Crippen LogP contribution < -0.4 is 0 Å². The molecule has 1 aromatic heterocycles. The lowest BCUT2D eigenvalue weighted by molar-refractivity contribution is 0.897. The largest absolute Gasteiger partial charge is 0.347 e. The van der Waals surface area contributed by atoms with Crippen LogP contribution in [-0.2, 0) is 7.05 Å². The maximum absolute atomic E-state index is 2.28. The van der Waals surface area contributed by atoms with E-state index in [2.05, 4.69) is 73.1 Å². The summed E-state index contributed by atoms with van der Waals surface area (Å²) in [4.78, 5) is 0. The highest BCUT2D eigenvalue weighted by Crippen LogP contribution is 2.32. The Bertz CT molecular complexity index is 663. The maximum atomic E-state index is 2.28. The molecular weight excluding hydrogens is 206 g/mol. The molecule has 0 fully saturated rings. The van der Waals surface area contributed by atoms with Gasteiger partial charge in [0.2, 0.25) is 0 Å².